The number of rotatable bonds is 12. The minimum absolute atomic E-state index is 0.610. The molecule has 0 aliphatic heterocycles. The molecule has 114 valence electrons. The molecule has 3 nitrogen and oxygen atoms in total. The van der Waals surface area contributed by atoms with Gasteiger partial charge in [-0.05, 0) is 31.4 Å². The molecular weight excluding hydrogens is 250 g/mol. The van der Waals surface area contributed by atoms with Crippen LogP contribution in [0.5, 0.6) is 0 Å². The van der Waals surface area contributed by atoms with Crippen molar-refractivity contribution in [3.63, 3.8) is 0 Å². The third-order valence-corrected chi connectivity index (χ3v) is 3.75. The molecule has 20 heavy (non-hydrogen) atoms. The molecule has 0 spiro atoms. The van der Waals surface area contributed by atoms with Gasteiger partial charge in [0.2, 0.25) is 0 Å². The van der Waals surface area contributed by atoms with Gasteiger partial charge < -0.3 is 14.5 Å². The van der Waals surface area contributed by atoms with Crippen LogP contribution in [0.2, 0.25) is 0 Å². The van der Waals surface area contributed by atoms with Crippen molar-refractivity contribution >= 4 is 0 Å². The van der Waals surface area contributed by atoms with Crippen molar-refractivity contribution in [3.05, 3.63) is 23.7 Å². The van der Waals surface area contributed by atoms with Gasteiger partial charge in [0, 0.05) is 12.6 Å². The van der Waals surface area contributed by atoms with E-state index in [0.29, 0.717) is 6.61 Å². The number of unbranched alkanes of at least 4 members (excludes halogenated alkanes) is 5. The molecule has 2 rings (SSSR count). The molecule has 0 bridgehead atoms. The van der Waals surface area contributed by atoms with Gasteiger partial charge >= 0.3 is 0 Å². The monoisotopic (exact) mass is 279 g/mol. The maximum Gasteiger partial charge on any atom is 0.129 e. The summed E-state index contributed by atoms with van der Waals surface area (Å²) in [5.74, 6) is 1.97. The topological polar surface area (TPSA) is 34.4 Å². The van der Waals surface area contributed by atoms with Gasteiger partial charge in [-0.15, -0.1) is 0 Å². The van der Waals surface area contributed by atoms with Crippen molar-refractivity contribution < 1.29 is 9.15 Å². The minimum Gasteiger partial charge on any atom is -0.462 e. The zero-order valence-corrected chi connectivity index (χ0v) is 12.8. The number of ether oxygens (including phenoxy) is 1. The smallest absolute Gasteiger partial charge is 0.129 e. The van der Waals surface area contributed by atoms with Crippen LogP contribution < -0.4 is 5.32 Å². The molecule has 0 atom stereocenters. The van der Waals surface area contributed by atoms with Gasteiger partial charge in [-0.2, -0.15) is 0 Å². The molecule has 1 aromatic heterocycles. The van der Waals surface area contributed by atoms with Crippen LogP contribution >= 0.6 is 0 Å². The van der Waals surface area contributed by atoms with Crippen molar-refractivity contribution in [3.8, 4) is 0 Å². The first kappa shape index (κ1) is 15.6. The second kappa shape index (κ2) is 9.19. The van der Waals surface area contributed by atoms with Crippen LogP contribution in [-0.4, -0.2) is 12.6 Å². The summed E-state index contributed by atoms with van der Waals surface area (Å²) in [5, 5.41) is 3.45. The van der Waals surface area contributed by atoms with Crippen LogP contribution in [0, 0.1) is 0 Å². The lowest BCUT2D eigenvalue weighted by molar-refractivity contribution is 0.101. The number of furan rings is 1. The summed E-state index contributed by atoms with van der Waals surface area (Å²) in [7, 11) is 0. The SMILES string of the molecule is CCCCCCCCOCc1ccc(CNC2CC2)o1. The Kier molecular flexibility index (Phi) is 7.16. The molecular formula is C17H29NO2. The Hall–Kier alpha value is -0.800. The van der Waals surface area contributed by atoms with Crippen molar-refractivity contribution in [2.75, 3.05) is 6.61 Å². The summed E-state index contributed by atoms with van der Waals surface area (Å²) in [6.07, 6.45) is 10.5. The van der Waals surface area contributed by atoms with E-state index in [0.717, 1.165) is 30.7 Å². The maximum absolute atomic E-state index is 5.73. The molecule has 0 amide bonds. The van der Waals surface area contributed by atoms with Crippen LogP contribution in [0.25, 0.3) is 0 Å². The van der Waals surface area contributed by atoms with E-state index in [1.807, 2.05) is 6.07 Å². The summed E-state index contributed by atoms with van der Waals surface area (Å²) in [5.41, 5.74) is 0. The summed E-state index contributed by atoms with van der Waals surface area (Å²) in [4.78, 5) is 0. The highest BCUT2D eigenvalue weighted by Crippen LogP contribution is 2.19. The second-order valence-corrected chi connectivity index (χ2v) is 5.84. The van der Waals surface area contributed by atoms with E-state index in [1.165, 1.54) is 51.4 Å². The van der Waals surface area contributed by atoms with Gasteiger partial charge in [-0.25, -0.2) is 0 Å². The van der Waals surface area contributed by atoms with Crippen molar-refractivity contribution in [1.29, 1.82) is 0 Å². The van der Waals surface area contributed by atoms with E-state index in [-0.39, 0.29) is 0 Å². The lowest BCUT2D eigenvalue weighted by Crippen LogP contribution is -2.14. The molecule has 0 saturated heterocycles. The average molecular weight is 279 g/mol. The van der Waals surface area contributed by atoms with E-state index < -0.39 is 0 Å². The summed E-state index contributed by atoms with van der Waals surface area (Å²) >= 11 is 0. The molecule has 1 aliphatic rings. The first-order valence-corrected chi connectivity index (χ1v) is 8.27. The second-order valence-electron chi connectivity index (χ2n) is 5.84. The van der Waals surface area contributed by atoms with Gasteiger partial charge in [-0.3, -0.25) is 0 Å². The van der Waals surface area contributed by atoms with Gasteiger partial charge in [0.15, 0.2) is 0 Å². The highest BCUT2D eigenvalue weighted by molar-refractivity contribution is 5.06. The molecule has 0 aromatic carbocycles. The third kappa shape index (κ3) is 6.58. The van der Waals surface area contributed by atoms with Crippen LogP contribution in [0.1, 0.15) is 69.8 Å². The molecule has 3 heteroatoms. The fraction of sp³-hybridized carbons (Fsp3) is 0.765. The predicted molar refractivity (Wildman–Crippen MR) is 81.6 cm³/mol. The average Bonchev–Trinajstić information content (AvgIpc) is 3.18. The zero-order valence-electron chi connectivity index (χ0n) is 12.8. The van der Waals surface area contributed by atoms with Crippen molar-refractivity contribution in [2.45, 2.75) is 77.5 Å². The Balaban J connectivity index is 1.46. The van der Waals surface area contributed by atoms with Crippen LogP contribution in [0.3, 0.4) is 0 Å². The largest absolute Gasteiger partial charge is 0.462 e. The first-order valence-electron chi connectivity index (χ1n) is 8.27. The molecule has 1 aliphatic carbocycles. The summed E-state index contributed by atoms with van der Waals surface area (Å²) in [6, 6.07) is 4.82. The van der Waals surface area contributed by atoms with Gasteiger partial charge in [0.1, 0.15) is 18.1 Å². The Morgan fingerprint density at radius 1 is 1.10 bits per heavy atom. The quantitative estimate of drug-likeness (QED) is 0.576. The normalized spacial score (nSPS) is 14.8. The molecule has 0 radical (unpaired) electrons. The Morgan fingerprint density at radius 3 is 2.65 bits per heavy atom. The number of hydrogen-bond donors (Lipinski definition) is 1. The third-order valence-electron chi connectivity index (χ3n) is 3.75. The summed E-state index contributed by atoms with van der Waals surface area (Å²) in [6.45, 7) is 4.56. The summed E-state index contributed by atoms with van der Waals surface area (Å²) < 4.78 is 11.4. The highest BCUT2D eigenvalue weighted by atomic mass is 16.5. The fourth-order valence-corrected chi connectivity index (χ4v) is 2.28. The Morgan fingerprint density at radius 2 is 1.85 bits per heavy atom. The highest BCUT2D eigenvalue weighted by Gasteiger charge is 2.20. The lowest BCUT2D eigenvalue weighted by Gasteiger charge is -2.03. The van der Waals surface area contributed by atoms with Crippen LogP contribution in [0.15, 0.2) is 16.5 Å². The molecule has 1 saturated carbocycles. The van der Waals surface area contributed by atoms with Crippen molar-refractivity contribution in [1.82, 2.24) is 5.32 Å². The molecule has 1 heterocycles. The van der Waals surface area contributed by atoms with Crippen molar-refractivity contribution in [2.24, 2.45) is 0 Å². The molecule has 0 unspecified atom stereocenters. The van der Waals surface area contributed by atoms with Gasteiger partial charge in [-0.1, -0.05) is 39.0 Å². The lowest BCUT2D eigenvalue weighted by atomic mass is 10.1. The zero-order chi connectivity index (χ0) is 14.0. The fourth-order valence-electron chi connectivity index (χ4n) is 2.28. The van der Waals surface area contributed by atoms with E-state index in [4.69, 9.17) is 9.15 Å². The number of hydrogen-bond acceptors (Lipinski definition) is 3. The number of nitrogens with one attached hydrogen (secondary N) is 1. The van der Waals surface area contributed by atoms with E-state index in [1.54, 1.807) is 0 Å². The molecule has 1 fully saturated rings. The standard InChI is InChI=1S/C17H29NO2/c1-2-3-4-5-6-7-12-19-14-17-11-10-16(20-17)13-18-15-8-9-15/h10-11,15,18H,2-9,12-14H2,1H3. The van der Waals surface area contributed by atoms with Crippen LogP contribution in [0.4, 0.5) is 0 Å². The Labute approximate surface area is 123 Å². The van der Waals surface area contributed by atoms with Crippen LogP contribution in [-0.2, 0) is 17.9 Å². The van der Waals surface area contributed by atoms with E-state index in [9.17, 15) is 0 Å². The first-order chi connectivity index (χ1) is 9.88. The minimum atomic E-state index is 0.610. The predicted octanol–water partition coefficient (Wildman–Crippen LogP) is 4.41. The van der Waals surface area contributed by atoms with E-state index >= 15 is 0 Å². The maximum atomic E-state index is 5.73. The van der Waals surface area contributed by atoms with Gasteiger partial charge in [0.05, 0.1) is 6.54 Å². The van der Waals surface area contributed by atoms with Gasteiger partial charge in [0.25, 0.3) is 0 Å². The van der Waals surface area contributed by atoms with E-state index in [2.05, 4.69) is 18.3 Å². The molecule has 1 N–H and O–H groups in total. The molecule has 1 aromatic rings. The Bertz CT molecular complexity index is 358.